The fourth-order valence-corrected chi connectivity index (χ4v) is 3.40. The number of aromatic nitrogens is 2. The van der Waals surface area contributed by atoms with Crippen LogP contribution < -0.4 is 10.6 Å². The van der Waals surface area contributed by atoms with Crippen LogP contribution in [0, 0.1) is 11.9 Å². The van der Waals surface area contributed by atoms with Gasteiger partial charge in [0.15, 0.2) is 5.69 Å². The van der Waals surface area contributed by atoms with Gasteiger partial charge in [0.25, 0.3) is 5.91 Å². The van der Waals surface area contributed by atoms with E-state index in [9.17, 15) is 18.7 Å². The number of rotatable bonds is 4. The number of carbonyl (C=O) groups is 1. The molecule has 8 heteroatoms. The van der Waals surface area contributed by atoms with Gasteiger partial charge in [-0.05, 0) is 25.0 Å². The molecule has 0 radical (unpaired) electrons. The van der Waals surface area contributed by atoms with E-state index in [0.29, 0.717) is 0 Å². The summed E-state index contributed by atoms with van der Waals surface area (Å²) in [6.07, 6.45) is 8.71. The van der Waals surface area contributed by atoms with Gasteiger partial charge in [-0.1, -0.05) is 38.5 Å². The lowest BCUT2D eigenvalue weighted by atomic mass is 10.0. The Morgan fingerprint density at radius 1 is 0.964 bits per heavy atom. The lowest BCUT2D eigenvalue weighted by molar-refractivity contribution is 0.0924. The van der Waals surface area contributed by atoms with Gasteiger partial charge in [-0.15, -0.1) is 0 Å². The summed E-state index contributed by atoms with van der Waals surface area (Å²) in [6.45, 7) is 0. The average molecular weight is 390 g/mol. The molecule has 3 rings (SSSR count). The number of pyridine rings is 2. The first-order valence-corrected chi connectivity index (χ1v) is 9.62. The van der Waals surface area contributed by atoms with E-state index in [1.807, 2.05) is 0 Å². The van der Waals surface area contributed by atoms with E-state index in [0.717, 1.165) is 50.7 Å². The maximum Gasteiger partial charge on any atom is 0.274 e. The Hall–Kier alpha value is -2.77. The molecule has 1 aliphatic rings. The third kappa shape index (κ3) is 5.61. The molecule has 0 aromatic carbocycles. The summed E-state index contributed by atoms with van der Waals surface area (Å²) in [4.78, 5) is 19.8. The molecule has 0 bridgehead atoms. The molecule has 28 heavy (non-hydrogen) atoms. The second-order valence-electron chi connectivity index (χ2n) is 7.06. The fourth-order valence-electron chi connectivity index (χ4n) is 3.40. The Labute approximate surface area is 162 Å². The van der Waals surface area contributed by atoms with Crippen LogP contribution in [0.2, 0.25) is 0 Å². The maximum atomic E-state index is 13.2. The van der Waals surface area contributed by atoms with Gasteiger partial charge in [0.2, 0.25) is 11.9 Å². The predicted molar refractivity (Wildman–Crippen MR) is 102 cm³/mol. The molecule has 2 aromatic heterocycles. The standard InChI is InChI=1S/C20H24F2N4O2/c21-16-11-14(12-17(22)25-16)23-18-10-9-15(27)19(26-18)20(28)24-13-7-5-3-1-2-4-6-8-13/h9-13,27H,1-8H2,(H,24,28)(H,23,25,26). The second kappa shape index (κ2) is 9.43. The number of carbonyl (C=O) groups excluding carboxylic acids is 1. The number of aromatic hydroxyl groups is 1. The van der Waals surface area contributed by atoms with Crippen LogP contribution in [0.15, 0.2) is 24.3 Å². The predicted octanol–water partition coefficient (Wildman–Crippen LogP) is 4.44. The molecular formula is C20H24F2N4O2. The highest BCUT2D eigenvalue weighted by atomic mass is 19.1. The van der Waals surface area contributed by atoms with Crippen molar-refractivity contribution in [3.8, 4) is 5.75 Å². The van der Waals surface area contributed by atoms with Crippen LogP contribution in [0.3, 0.4) is 0 Å². The molecule has 3 N–H and O–H groups in total. The molecule has 1 amide bonds. The molecule has 1 fully saturated rings. The first kappa shape index (κ1) is 20.0. The van der Waals surface area contributed by atoms with Crippen LogP contribution in [0.25, 0.3) is 0 Å². The highest BCUT2D eigenvalue weighted by Crippen LogP contribution is 2.22. The number of hydrogen-bond acceptors (Lipinski definition) is 5. The quantitative estimate of drug-likeness (QED) is 0.672. The van der Waals surface area contributed by atoms with Crippen molar-refractivity contribution in [1.82, 2.24) is 15.3 Å². The van der Waals surface area contributed by atoms with E-state index >= 15 is 0 Å². The Balaban J connectivity index is 1.71. The normalized spacial score (nSPS) is 15.9. The topological polar surface area (TPSA) is 87.1 Å². The summed E-state index contributed by atoms with van der Waals surface area (Å²) in [6, 6.07) is 4.81. The summed E-state index contributed by atoms with van der Waals surface area (Å²) >= 11 is 0. The summed E-state index contributed by atoms with van der Waals surface area (Å²) in [5, 5.41) is 15.7. The Morgan fingerprint density at radius 2 is 1.57 bits per heavy atom. The van der Waals surface area contributed by atoms with E-state index in [2.05, 4.69) is 20.6 Å². The van der Waals surface area contributed by atoms with E-state index in [4.69, 9.17) is 0 Å². The highest BCUT2D eigenvalue weighted by Gasteiger charge is 2.19. The molecule has 0 atom stereocenters. The zero-order valence-electron chi connectivity index (χ0n) is 15.5. The number of nitrogens with zero attached hydrogens (tertiary/aromatic N) is 2. The Kier molecular flexibility index (Phi) is 6.73. The molecular weight excluding hydrogens is 366 g/mol. The molecule has 0 aliphatic heterocycles. The highest BCUT2D eigenvalue weighted by molar-refractivity contribution is 5.95. The smallest absolute Gasteiger partial charge is 0.274 e. The second-order valence-corrected chi connectivity index (χ2v) is 7.06. The molecule has 2 heterocycles. The van der Waals surface area contributed by atoms with Crippen molar-refractivity contribution in [2.45, 2.75) is 57.4 Å². The van der Waals surface area contributed by atoms with Gasteiger partial charge in [0, 0.05) is 23.9 Å². The molecule has 6 nitrogen and oxygen atoms in total. The number of hydrogen-bond donors (Lipinski definition) is 3. The largest absolute Gasteiger partial charge is 0.505 e. The summed E-state index contributed by atoms with van der Waals surface area (Å²) in [5.41, 5.74) is -0.0225. The van der Waals surface area contributed by atoms with Gasteiger partial charge in [-0.3, -0.25) is 4.79 Å². The van der Waals surface area contributed by atoms with Crippen LogP contribution in [-0.4, -0.2) is 27.0 Å². The first-order chi connectivity index (χ1) is 13.5. The van der Waals surface area contributed by atoms with Gasteiger partial charge in [0.05, 0.1) is 0 Å². The van der Waals surface area contributed by atoms with E-state index in [-0.39, 0.29) is 29.0 Å². The summed E-state index contributed by atoms with van der Waals surface area (Å²) in [7, 11) is 0. The number of nitrogens with one attached hydrogen (secondary N) is 2. The summed E-state index contributed by atoms with van der Waals surface area (Å²) in [5.74, 6) is -2.48. The average Bonchev–Trinajstić information content (AvgIpc) is 2.76. The number of anilines is 2. The fraction of sp³-hybridized carbons (Fsp3) is 0.450. The molecule has 0 saturated heterocycles. The minimum Gasteiger partial charge on any atom is -0.505 e. The van der Waals surface area contributed by atoms with Crippen molar-refractivity contribution in [3.63, 3.8) is 0 Å². The van der Waals surface area contributed by atoms with Crippen molar-refractivity contribution in [2.24, 2.45) is 0 Å². The lowest BCUT2D eigenvalue weighted by Crippen LogP contribution is -2.35. The monoisotopic (exact) mass is 390 g/mol. The van der Waals surface area contributed by atoms with Crippen LogP contribution in [0.5, 0.6) is 5.75 Å². The Bertz CT molecular complexity index is 802. The zero-order valence-corrected chi connectivity index (χ0v) is 15.5. The first-order valence-electron chi connectivity index (χ1n) is 9.62. The molecule has 1 aliphatic carbocycles. The molecule has 0 unspecified atom stereocenters. The Morgan fingerprint density at radius 3 is 2.21 bits per heavy atom. The van der Waals surface area contributed by atoms with Crippen LogP contribution >= 0.6 is 0 Å². The molecule has 1 saturated carbocycles. The molecule has 150 valence electrons. The van der Waals surface area contributed by atoms with E-state index in [1.165, 1.54) is 25.0 Å². The van der Waals surface area contributed by atoms with Gasteiger partial charge in [-0.2, -0.15) is 13.8 Å². The third-order valence-corrected chi connectivity index (χ3v) is 4.81. The van der Waals surface area contributed by atoms with Crippen LogP contribution in [0.1, 0.15) is 61.9 Å². The van der Waals surface area contributed by atoms with Crippen LogP contribution in [-0.2, 0) is 0 Å². The van der Waals surface area contributed by atoms with E-state index < -0.39 is 17.8 Å². The van der Waals surface area contributed by atoms with Crippen molar-refractivity contribution in [3.05, 3.63) is 41.9 Å². The van der Waals surface area contributed by atoms with Crippen molar-refractivity contribution in [2.75, 3.05) is 5.32 Å². The minimum absolute atomic E-state index is 0.0480. The van der Waals surface area contributed by atoms with Gasteiger partial charge >= 0.3 is 0 Å². The van der Waals surface area contributed by atoms with Crippen molar-refractivity contribution in [1.29, 1.82) is 0 Å². The summed E-state index contributed by atoms with van der Waals surface area (Å²) < 4.78 is 26.5. The minimum atomic E-state index is -0.973. The van der Waals surface area contributed by atoms with Crippen molar-refractivity contribution >= 4 is 17.4 Å². The zero-order chi connectivity index (χ0) is 19.9. The number of amides is 1. The molecule has 2 aromatic rings. The van der Waals surface area contributed by atoms with Gasteiger partial charge < -0.3 is 15.7 Å². The van der Waals surface area contributed by atoms with Gasteiger partial charge in [-0.25, -0.2) is 4.98 Å². The van der Waals surface area contributed by atoms with Crippen LogP contribution in [0.4, 0.5) is 20.3 Å². The third-order valence-electron chi connectivity index (χ3n) is 4.81. The SMILES string of the molecule is O=C(NC1CCCCCCCC1)c1nc(Nc2cc(F)nc(F)c2)ccc1O. The molecule has 0 spiro atoms. The van der Waals surface area contributed by atoms with Gasteiger partial charge in [0.1, 0.15) is 11.6 Å². The van der Waals surface area contributed by atoms with E-state index in [1.54, 1.807) is 0 Å². The van der Waals surface area contributed by atoms with Crippen molar-refractivity contribution < 1.29 is 18.7 Å². The number of halogens is 2. The lowest BCUT2D eigenvalue weighted by Gasteiger charge is -2.18. The maximum absolute atomic E-state index is 13.2.